The summed E-state index contributed by atoms with van der Waals surface area (Å²) in [5, 5.41) is 18.1. The van der Waals surface area contributed by atoms with Crippen LogP contribution in [0.5, 0.6) is 11.5 Å². The van der Waals surface area contributed by atoms with Crippen LogP contribution in [0.3, 0.4) is 0 Å². The number of carbonyl (C=O) groups excluding carboxylic acids is 8. The molecule has 0 aromatic heterocycles. The number of methoxy groups -OCH3 is 2. The average molecular weight is 1340 g/mol. The van der Waals surface area contributed by atoms with E-state index in [2.05, 4.69) is 40.0 Å². The molecule has 0 bridgehead atoms. The van der Waals surface area contributed by atoms with Crippen LogP contribution >= 0.6 is 63.2 Å². The molecule has 403 valence electrons. The number of carboxylic acid groups (broad SMARTS) is 2. The number of esters is 4. The Hall–Kier alpha value is -4.84. The van der Waals surface area contributed by atoms with Crippen molar-refractivity contribution in [2.75, 3.05) is 59.1 Å². The number of hydrogen-bond acceptors (Lipinski definition) is 18. The number of alkyl halides is 2. The molecule has 6 rings (SSSR count). The number of aliphatic carboxylic acids is 2. The van der Waals surface area contributed by atoms with E-state index >= 15 is 0 Å². The van der Waals surface area contributed by atoms with Gasteiger partial charge in [-0.25, -0.2) is 0 Å². The van der Waals surface area contributed by atoms with Gasteiger partial charge in [0.05, 0.1) is 71.9 Å². The molecule has 2 saturated carbocycles. The van der Waals surface area contributed by atoms with Crippen molar-refractivity contribution in [2.45, 2.75) is 63.9 Å². The number of hydrogen-bond donors (Lipinski definition) is 2. The summed E-state index contributed by atoms with van der Waals surface area (Å²) in [4.78, 5) is 120. The van der Waals surface area contributed by atoms with Crippen LogP contribution in [-0.4, -0.2) is 151 Å². The van der Waals surface area contributed by atoms with E-state index in [0.717, 1.165) is 22.0 Å². The molecule has 0 unspecified atom stereocenters. The van der Waals surface area contributed by atoms with Gasteiger partial charge in [-0.15, -0.1) is 23.2 Å². The summed E-state index contributed by atoms with van der Waals surface area (Å²) in [5.41, 5.74) is -2.10. The molecule has 22 nitrogen and oxygen atoms in total. The van der Waals surface area contributed by atoms with E-state index in [1.807, 2.05) is 0 Å². The summed E-state index contributed by atoms with van der Waals surface area (Å²) >= 11 is 14.3. The molecular formula is C47H52Cl2I2N2O20V. The second kappa shape index (κ2) is 32.6. The number of benzene rings is 2. The first-order chi connectivity index (χ1) is 35.3. The summed E-state index contributed by atoms with van der Waals surface area (Å²) in [6.45, 7) is 0.151. The number of amides is 4. The van der Waals surface area contributed by atoms with Gasteiger partial charge < -0.3 is 48.1 Å². The molecule has 2 fully saturated rings. The Kier molecular flexibility index (Phi) is 27.9. The van der Waals surface area contributed by atoms with Crippen LogP contribution in [0.2, 0.25) is 0 Å². The van der Waals surface area contributed by atoms with E-state index in [0.29, 0.717) is 32.1 Å². The molecule has 2 aliphatic heterocycles. The molecular weight excluding hydrogens is 1290 g/mol. The Bertz CT molecular complexity index is 2230. The van der Waals surface area contributed by atoms with Gasteiger partial charge in [0.1, 0.15) is 36.9 Å². The molecule has 2 N–H and O–H groups in total. The summed E-state index contributed by atoms with van der Waals surface area (Å²) in [6, 6.07) is 13.9. The molecule has 4 aliphatic rings. The van der Waals surface area contributed by atoms with Crippen molar-refractivity contribution in [3.05, 3.63) is 84.0 Å². The van der Waals surface area contributed by atoms with Crippen molar-refractivity contribution >= 4 is 123 Å². The number of ether oxygens (including phenoxy) is 8. The number of carboxylic acids is 2. The zero-order valence-electron chi connectivity index (χ0n) is 39.8. The molecule has 2 aromatic carbocycles. The van der Waals surface area contributed by atoms with E-state index in [1.165, 1.54) is 12.2 Å². The average Bonchev–Trinajstić information content (AvgIpc) is 3.85. The minimum atomic E-state index is -1.88. The molecule has 0 radical (unpaired) electrons. The van der Waals surface area contributed by atoms with Crippen LogP contribution in [0, 0.1) is 10.8 Å². The molecule has 0 atom stereocenters. The van der Waals surface area contributed by atoms with Crippen LogP contribution in [0.15, 0.2) is 72.8 Å². The Morgan fingerprint density at radius 3 is 1.19 bits per heavy atom. The Labute approximate surface area is 463 Å². The summed E-state index contributed by atoms with van der Waals surface area (Å²) in [6.07, 6.45) is 2.34. The van der Waals surface area contributed by atoms with Gasteiger partial charge in [0, 0.05) is 50.0 Å². The first kappa shape index (κ1) is 63.5. The molecule has 2 aliphatic carbocycles. The van der Waals surface area contributed by atoms with E-state index < -0.39 is 82.5 Å². The van der Waals surface area contributed by atoms with E-state index in [-0.39, 0.29) is 96.6 Å². The number of imide groups is 2. The fourth-order valence-electron chi connectivity index (χ4n) is 7.10. The zero-order chi connectivity index (χ0) is 54.8. The second-order valence-corrected chi connectivity index (χ2v) is 28.5. The Morgan fingerprint density at radius 2 is 0.892 bits per heavy atom. The van der Waals surface area contributed by atoms with Crippen molar-refractivity contribution in [1.29, 1.82) is 0 Å². The Morgan fingerprint density at radius 1 is 0.581 bits per heavy atom. The number of nitrogens with zero attached hydrogens (tertiary/aromatic N) is 2. The SMILES string of the molecule is COc1ccc(COC(=O)C2(C(=O)OCc3ccc(OC)cc3)CC(OC(=O)CCOCCN3C(=O)C=CC3=O)C2)cc1.ClCCl.O=C(CCOCCN1C(=O)C=CC1=O)OC1CC(C(=O)O)(C(=O)O)C1.[I][V][I]. The van der Waals surface area contributed by atoms with Gasteiger partial charge in [-0.2, -0.15) is 0 Å². The van der Waals surface area contributed by atoms with E-state index in [1.54, 1.807) is 62.8 Å². The van der Waals surface area contributed by atoms with Crippen LogP contribution in [0.4, 0.5) is 0 Å². The maximum atomic E-state index is 13.2. The third-order valence-electron chi connectivity index (χ3n) is 11.2. The van der Waals surface area contributed by atoms with Gasteiger partial charge >= 0.3 is 85.2 Å². The van der Waals surface area contributed by atoms with Gasteiger partial charge in [0.2, 0.25) is 0 Å². The molecule has 0 saturated heterocycles. The molecule has 2 aromatic rings. The molecule has 2 heterocycles. The normalized spacial score (nSPS) is 15.9. The minimum absolute atomic E-state index is 0.00178. The van der Waals surface area contributed by atoms with Crippen LogP contribution in [0.25, 0.3) is 0 Å². The topological polar surface area (TPSA) is 291 Å². The van der Waals surface area contributed by atoms with Crippen LogP contribution in [0.1, 0.15) is 49.7 Å². The van der Waals surface area contributed by atoms with Gasteiger partial charge in [0.15, 0.2) is 10.8 Å². The predicted octanol–water partition coefficient (Wildman–Crippen LogP) is 4.88. The zero-order valence-corrected chi connectivity index (χ0v) is 47.0. The molecule has 27 heteroatoms. The molecule has 0 spiro atoms. The van der Waals surface area contributed by atoms with Gasteiger partial charge in [-0.3, -0.25) is 57.7 Å². The van der Waals surface area contributed by atoms with Crippen molar-refractivity contribution in [3.63, 3.8) is 0 Å². The number of halogens is 4. The fourth-order valence-corrected chi connectivity index (χ4v) is 7.10. The molecule has 4 amide bonds. The number of carbonyl (C=O) groups is 10. The first-order valence-electron chi connectivity index (χ1n) is 22.1. The van der Waals surface area contributed by atoms with Crippen molar-refractivity contribution < 1.29 is 106 Å². The Balaban J connectivity index is 0.000000393. The number of rotatable bonds is 24. The molecule has 74 heavy (non-hydrogen) atoms. The van der Waals surface area contributed by atoms with Gasteiger partial charge in [-0.1, -0.05) is 24.3 Å². The van der Waals surface area contributed by atoms with Gasteiger partial charge in [0.25, 0.3) is 23.6 Å². The standard InChI is InChI=1S/C31H33NO11.C15H17NO9.CH2Cl2.2HI.V/c1-38-23-7-3-21(4-8-23)19-41-29(36)31(30(37)42-20-22-5-9-24(39-2)10-6-22)17-25(18-31)43-28(35)13-15-40-16-14-32-26(33)11-12-27(32)34;17-10-1-2-11(18)16(10)4-6-24-5-3-12(19)25-9-7-15(8-9,13(20)21)14(22)23;2-1-3;;;/h3-12,25H,13-20H2,1-2H3;1-2,9H,3-8H2,(H,20,21)(H,22,23);1H2;2*1H;/q;;;;;+2/p-2. The third kappa shape index (κ3) is 19.4. The summed E-state index contributed by atoms with van der Waals surface area (Å²) < 4.78 is 42.2. The fraction of sp³-hybridized carbons (Fsp3) is 0.447. The van der Waals surface area contributed by atoms with Gasteiger partial charge in [-0.05, 0) is 35.4 Å². The summed E-state index contributed by atoms with van der Waals surface area (Å²) in [7, 11) is 3.72. The van der Waals surface area contributed by atoms with Crippen molar-refractivity contribution in [2.24, 2.45) is 10.8 Å². The van der Waals surface area contributed by atoms with E-state index in [4.69, 9.17) is 71.3 Å². The summed E-state index contributed by atoms with van der Waals surface area (Å²) in [5.74, 6) is -6.00. The second-order valence-electron chi connectivity index (χ2n) is 15.9. The van der Waals surface area contributed by atoms with Crippen molar-refractivity contribution in [1.82, 2.24) is 9.80 Å². The maximum absolute atomic E-state index is 13.2. The van der Waals surface area contributed by atoms with Crippen LogP contribution < -0.4 is 9.47 Å². The quantitative estimate of drug-likeness (QED) is 0.0269. The van der Waals surface area contributed by atoms with Crippen LogP contribution in [-0.2, 0) is 99.0 Å². The van der Waals surface area contributed by atoms with Crippen molar-refractivity contribution in [3.8, 4) is 11.5 Å². The monoisotopic (exact) mass is 1340 g/mol. The first-order valence-corrected chi connectivity index (χ1v) is 32.1. The third-order valence-corrected chi connectivity index (χ3v) is 11.2. The predicted molar refractivity (Wildman–Crippen MR) is 271 cm³/mol. The van der Waals surface area contributed by atoms with E-state index in [9.17, 15) is 47.9 Å².